The van der Waals surface area contributed by atoms with Gasteiger partial charge in [-0.05, 0) is 48.9 Å². The van der Waals surface area contributed by atoms with Crippen LogP contribution in [0, 0.1) is 11.8 Å². The zero-order valence-corrected chi connectivity index (χ0v) is 12.0. The lowest BCUT2D eigenvalue weighted by atomic mass is 9.73. The molecule has 0 aliphatic heterocycles. The van der Waals surface area contributed by atoms with E-state index in [2.05, 4.69) is 19.2 Å². The monoisotopic (exact) mass is 275 g/mol. The van der Waals surface area contributed by atoms with E-state index in [0.717, 1.165) is 18.5 Å². The fraction of sp³-hybridized carbons (Fsp3) is 0.500. The highest BCUT2D eigenvalue weighted by molar-refractivity contribution is 5.96. The van der Waals surface area contributed by atoms with E-state index < -0.39 is 11.9 Å². The summed E-state index contributed by atoms with van der Waals surface area (Å²) in [5.74, 6) is -1.94. The third kappa shape index (κ3) is 2.84. The van der Waals surface area contributed by atoms with Crippen LogP contribution < -0.4 is 5.32 Å². The third-order valence-corrected chi connectivity index (χ3v) is 4.16. The van der Waals surface area contributed by atoms with Gasteiger partial charge >= 0.3 is 5.97 Å². The summed E-state index contributed by atoms with van der Waals surface area (Å²) in [4.78, 5) is 23.0. The summed E-state index contributed by atoms with van der Waals surface area (Å²) in [7, 11) is 0. The van der Waals surface area contributed by atoms with E-state index in [0.29, 0.717) is 12.8 Å². The molecule has 0 spiro atoms. The van der Waals surface area contributed by atoms with Gasteiger partial charge in [-0.1, -0.05) is 19.9 Å². The molecule has 0 bridgehead atoms. The molecule has 1 aromatic rings. The molecular weight excluding hydrogens is 254 g/mol. The lowest BCUT2D eigenvalue weighted by Gasteiger charge is -2.32. The minimum atomic E-state index is -0.869. The van der Waals surface area contributed by atoms with Crippen LogP contribution in [0.2, 0.25) is 0 Å². The molecule has 20 heavy (non-hydrogen) atoms. The number of carbonyl (C=O) groups is 2. The van der Waals surface area contributed by atoms with Gasteiger partial charge in [0.05, 0.1) is 11.8 Å². The predicted molar refractivity (Wildman–Crippen MR) is 77.7 cm³/mol. The molecule has 2 unspecified atom stereocenters. The number of benzene rings is 1. The Labute approximate surface area is 119 Å². The first-order chi connectivity index (χ1) is 9.56. The Balaban J connectivity index is 2.06. The molecule has 1 aromatic carbocycles. The maximum atomic E-state index is 12.1. The average Bonchev–Trinajstić information content (AvgIpc) is 2.36. The van der Waals surface area contributed by atoms with Crippen molar-refractivity contribution in [3.63, 3.8) is 0 Å². The lowest BCUT2D eigenvalue weighted by Crippen LogP contribution is -2.41. The highest BCUT2D eigenvalue weighted by atomic mass is 16.4. The van der Waals surface area contributed by atoms with Gasteiger partial charge in [0, 0.05) is 5.69 Å². The minimum absolute atomic E-state index is 0.171. The zero-order valence-electron chi connectivity index (χ0n) is 12.0. The number of anilines is 1. The smallest absolute Gasteiger partial charge is 0.307 e. The van der Waals surface area contributed by atoms with E-state index in [4.69, 9.17) is 5.11 Å². The quantitative estimate of drug-likeness (QED) is 0.868. The molecule has 0 saturated heterocycles. The molecule has 2 atom stereocenters. The largest absolute Gasteiger partial charge is 0.481 e. The molecule has 1 amide bonds. The third-order valence-electron chi connectivity index (χ3n) is 4.16. The van der Waals surface area contributed by atoms with E-state index >= 15 is 0 Å². The summed E-state index contributed by atoms with van der Waals surface area (Å²) in [6.45, 7) is 4.20. The first-order valence-electron chi connectivity index (χ1n) is 7.22. The van der Waals surface area contributed by atoms with Crippen LogP contribution >= 0.6 is 0 Å². The van der Waals surface area contributed by atoms with Crippen molar-refractivity contribution >= 4 is 17.6 Å². The van der Waals surface area contributed by atoms with Crippen LogP contribution in [0.4, 0.5) is 5.69 Å². The number of aliphatic carboxylic acids is 1. The maximum Gasteiger partial charge on any atom is 0.307 e. The molecule has 2 rings (SSSR count). The van der Waals surface area contributed by atoms with Crippen LogP contribution in [-0.2, 0) is 22.4 Å². The fourth-order valence-electron chi connectivity index (χ4n) is 2.72. The van der Waals surface area contributed by atoms with Crippen LogP contribution in [0.1, 0.15) is 37.8 Å². The summed E-state index contributed by atoms with van der Waals surface area (Å²) < 4.78 is 0. The van der Waals surface area contributed by atoms with Crippen LogP contribution in [0.25, 0.3) is 0 Å². The molecule has 1 saturated carbocycles. The van der Waals surface area contributed by atoms with Crippen molar-refractivity contribution in [1.29, 1.82) is 0 Å². The maximum absolute atomic E-state index is 12.1. The van der Waals surface area contributed by atoms with Crippen LogP contribution in [0.3, 0.4) is 0 Å². The van der Waals surface area contributed by atoms with Crippen LogP contribution in [0.15, 0.2) is 18.2 Å². The number of rotatable bonds is 5. The Bertz CT molecular complexity index is 524. The number of carbonyl (C=O) groups excluding carboxylic acids is 1. The van der Waals surface area contributed by atoms with Crippen molar-refractivity contribution in [2.45, 2.75) is 39.5 Å². The van der Waals surface area contributed by atoms with E-state index in [1.807, 2.05) is 18.2 Å². The number of carboxylic acid groups (broad SMARTS) is 1. The second kappa shape index (κ2) is 6.07. The second-order valence-electron chi connectivity index (χ2n) is 5.31. The van der Waals surface area contributed by atoms with Gasteiger partial charge in [-0.15, -0.1) is 0 Å². The van der Waals surface area contributed by atoms with Gasteiger partial charge in [-0.2, -0.15) is 0 Å². The Morgan fingerprint density at radius 1 is 1.15 bits per heavy atom. The van der Waals surface area contributed by atoms with Gasteiger partial charge in [0.15, 0.2) is 0 Å². The lowest BCUT2D eigenvalue weighted by molar-refractivity contribution is -0.151. The predicted octanol–water partition coefficient (Wildman–Crippen LogP) is 2.86. The van der Waals surface area contributed by atoms with Gasteiger partial charge in [-0.3, -0.25) is 9.59 Å². The number of hydrogen-bond donors (Lipinski definition) is 2. The Kier molecular flexibility index (Phi) is 4.42. The number of nitrogens with one attached hydrogen (secondary N) is 1. The van der Waals surface area contributed by atoms with Crippen molar-refractivity contribution in [2.75, 3.05) is 5.32 Å². The Morgan fingerprint density at radius 3 is 2.30 bits per heavy atom. The average molecular weight is 275 g/mol. The molecular formula is C16H21NO3. The normalized spacial score (nSPS) is 21.1. The van der Waals surface area contributed by atoms with Crippen molar-refractivity contribution in [2.24, 2.45) is 11.8 Å². The van der Waals surface area contributed by atoms with E-state index in [-0.39, 0.29) is 11.8 Å². The van der Waals surface area contributed by atoms with E-state index in [1.54, 1.807) is 0 Å². The van der Waals surface area contributed by atoms with Gasteiger partial charge in [0.25, 0.3) is 0 Å². The fourth-order valence-corrected chi connectivity index (χ4v) is 2.72. The molecule has 1 aliphatic rings. The topological polar surface area (TPSA) is 66.4 Å². The molecule has 0 heterocycles. The van der Waals surface area contributed by atoms with Gasteiger partial charge < -0.3 is 10.4 Å². The molecule has 0 aromatic heterocycles. The molecule has 1 aliphatic carbocycles. The SMILES string of the molecule is CCc1ccc(NC(=O)C2CCC2C(=O)O)cc1CC. The molecule has 4 nitrogen and oxygen atoms in total. The van der Waals surface area contributed by atoms with Crippen molar-refractivity contribution in [3.8, 4) is 0 Å². The van der Waals surface area contributed by atoms with E-state index in [9.17, 15) is 9.59 Å². The standard InChI is InChI=1S/C16H21NO3/c1-3-10-5-6-12(9-11(10)4-2)17-15(18)13-7-8-14(13)16(19)20/h5-6,9,13-14H,3-4,7-8H2,1-2H3,(H,17,18)(H,19,20). The van der Waals surface area contributed by atoms with Crippen LogP contribution in [0.5, 0.6) is 0 Å². The molecule has 108 valence electrons. The minimum Gasteiger partial charge on any atom is -0.481 e. The number of carboxylic acids is 1. The summed E-state index contributed by atoms with van der Waals surface area (Å²) in [6.07, 6.45) is 3.16. The summed E-state index contributed by atoms with van der Waals surface area (Å²) in [6, 6.07) is 5.92. The van der Waals surface area contributed by atoms with Crippen molar-refractivity contribution in [1.82, 2.24) is 0 Å². The zero-order chi connectivity index (χ0) is 14.7. The number of amides is 1. The van der Waals surface area contributed by atoms with Gasteiger partial charge in [0.1, 0.15) is 0 Å². The summed E-state index contributed by atoms with van der Waals surface area (Å²) in [5, 5.41) is 11.8. The Hall–Kier alpha value is -1.84. The molecule has 2 N–H and O–H groups in total. The molecule has 0 radical (unpaired) electrons. The number of hydrogen-bond acceptors (Lipinski definition) is 2. The van der Waals surface area contributed by atoms with Gasteiger partial charge in [-0.25, -0.2) is 0 Å². The molecule has 4 heteroatoms. The highest BCUT2D eigenvalue weighted by Crippen LogP contribution is 2.35. The summed E-state index contributed by atoms with van der Waals surface area (Å²) >= 11 is 0. The highest BCUT2D eigenvalue weighted by Gasteiger charge is 2.41. The van der Waals surface area contributed by atoms with Crippen molar-refractivity contribution < 1.29 is 14.7 Å². The summed E-state index contributed by atoms with van der Waals surface area (Å²) in [5.41, 5.74) is 3.28. The molecule has 1 fully saturated rings. The second-order valence-corrected chi connectivity index (χ2v) is 5.31. The first kappa shape index (κ1) is 14.6. The Morgan fingerprint density at radius 2 is 1.80 bits per heavy atom. The van der Waals surface area contributed by atoms with E-state index in [1.165, 1.54) is 11.1 Å². The van der Waals surface area contributed by atoms with Gasteiger partial charge in [0.2, 0.25) is 5.91 Å². The van der Waals surface area contributed by atoms with Crippen LogP contribution in [-0.4, -0.2) is 17.0 Å². The van der Waals surface area contributed by atoms with Crippen molar-refractivity contribution in [3.05, 3.63) is 29.3 Å². The first-order valence-corrected chi connectivity index (χ1v) is 7.22. The number of aryl methyl sites for hydroxylation is 2.